The fraction of sp³-hybridized carbons (Fsp3) is 0.368. The van der Waals surface area contributed by atoms with E-state index in [2.05, 4.69) is 25.5 Å². The smallest absolute Gasteiger partial charge is 0.210 e. The third-order valence-electron chi connectivity index (χ3n) is 3.46. The lowest BCUT2D eigenvalue weighted by Gasteiger charge is -2.26. The minimum absolute atomic E-state index is 0.0375. The highest BCUT2D eigenvalue weighted by atomic mass is 32.2. The zero-order valence-electron chi connectivity index (χ0n) is 14.6. The van der Waals surface area contributed by atoms with Crippen LogP contribution in [0, 0.1) is 6.92 Å². The third-order valence-corrected chi connectivity index (χ3v) is 6.33. The van der Waals surface area contributed by atoms with Gasteiger partial charge in [-0.15, -0.1) is 11.8 Å². The van der Waals surface area contributed by atoms with E-state index in [9.17, 15) is 8.42 Å². The molecule has 2 rings (SSSR count). The van der Waals surface area contributed by atoms with Crippen LogP contribution in [0.4, 0.5) is 0 Å². The summed E-state index contributed by atoms with van der Waals surface area (Å²) in [5, 5.41) is 0.0615. The number of thioether (sulfide) groups is 1. The minimum atomic E-state index is -3.50. The Labute approximate surface area is 149 Å². The quantitative estimate of drug-likeness (QED) is 0.819. The summed E-state index contributed by atoms with van der Waals surface area (Å²) in [6, 6.07) is 16.9. The van der Waals surface area contributed by atoms with Gasteiger partial charge in [-0.3, -0.25) is 0 Å². The third kappa shape index (κ3) is 5.65. The molecule has 0 aliphatic rings. The van der Waals surface area contributed by atoms with Crippen LogP contribution in [-0.4, -0.2) is 19.7 Å². The largest absolute Gasteiger partial charge is 0.240 e. The van der Waals surface area contributed by atoms with Gasteiger partial charge in [0, 0.05) is 16.5 Å². The average molecular weight is 364 g/mol. The van der Waals surface area contributed by atoms with E-state index in [0.29, 0.717) is 11.4 Å². The van der Waals surface area contributed by atoms with Crippen LogP contribution in [0.1, 0.15) is 37.1 Å². The van der Waals surface area contributed by atoms with Gasteiger partial charge in [-0.1, -0.05) is 68.8 Å². The van der Waals surface area contributed by atoms with E-state index in [-0.39, 0.29) is 10.00 Å². The van der Waals surface area contributed by atoms with E-state index >= 15 is 0 Å². The molecule has 0 saturated heterocycles. The van der Waals surface area contributed by atoms with Gasteiger partial charge < -0.3 is 0 Å². The Morgan fingerprint density at radius 2 is 1.58 bits per heavy atom. The van der Waals surface area contributed by atoms with Gasteiger partial charge >= 0.3 is 0 Å². The fourth-order valence-corrected chi connectivity index (χ4v) is 4.77. The van der Waals surface area contributed by atoms with Gasteiger partial charge in [0.2, 0.25) is 10.0 Å². The van der Waals surface area contributed by atoms with Gasteiger partial charge in [0.05, 0.1) is 4.90 Å². The van der Waals surface area contributed by atoms with Crippen molar-refractivity contribution in [1.82, 2.24) is 4.72 Å². The van der Waals surface area contributed by atoms with E-state index in [1.54, 1.807) is 23.9 Å². The molecule has 130 valence electrons. The van der Waals surface area contributed by atoms with Crippen LogP contribution >= 0.6 is 11.8 Å². The summed E-state index contributed by atoms with van der Waals surface area (Å²) in [7, 11) is -3.50. The van der Waals surface area contributed by atoms with Gasteiger partial charge in [0.15, 0.2) is 0 Å². The Bertz CT molecular complexity index is 748. The van der Waals surface area contributed by atoms with Crippen LogP contribution in [-0.2, 0) is 10.0 Å². The standard InChI is InChI=1S/C19H25NO2S2/c1-15-10-12-17(13-11-15)24(21,22)20-14-18(23-19(2,3)4)16-8-6-5-7-9-16/h5-13,18,20H,14H2,1-4H3. The molecule has 2 aromatic rings. The molecule has 0 amide bonds. The first-order chi connectivity index (χ1) is 11.2. The van der Waals surface area contributed by atoms with Crippen LogP contribution in [0.15, 0.2) is 59.5 Å². The van der Waals surface area contributed by atoms with E-state index in [1.165, 1.54) is 0 Å². The molecule has 0 aliphatic heterocycles. The Balaban J connectivity index is 2.16. The first-order valence-corrected chi connectivity index (χ1v) is 10.3. The molecule has 1 atom stereocenters. The molecule has 1 N–H and O–H groups in total. The maximum Gasteiger partial charge on any atom is 0.240 e. The SMILES string of the molecule is Cc1ccc(S(=O)(=O)NCC(SC(C)(C)C)c2ccccc2)cc1. The molecule has 0 radical (unpaired) electrons. The summed E-state index contributed by atoms with van der Waals surface area (Å²) in [5.74, 6) is 0. The summed E-state index contributed by atoms with van der Waals surface area (Å²) in [6.07, 6.45) is 0. The van der Waals surface area contributed by atoms with Gasteiger partial charge in [0.1, 0.15) is 0 Å². The van der Waals surface area contributed by atoms with Crippen LogP contribution in [0.5, 0.6) is 0 Å². The maximum absolute atomic E-state index is 12.5. The second-order valence-electron chi connectivity index (χ2n) is 6.79. The lowest BCUT2D eigenvalue weighted by atomic mass is 10.1. The highest BCUT2D eigenvalue weighted by Gasteiger charge is 2.23. The molecule has 0 aromatic heterocycles. The lowest BCUT2D eigenvalue weighted by molar-refractivity contribution is 0.580. The van der Waals surface area contributed by atoms with Crippen molar-refractivity contribution in [3.63, 3.8) is 0 Å². The normalized spacial score (nSPS) is 13.7. The highest BCUT2D eigenvalue weighted by molar-refractivity contribution is 8.00. The van der Waals surface area contributed by atoms with Crippen molar-refractivity contribution in [3.8, 4) is 0 Å². The molecule has 24 heavy (non-hydrogen) atoms. The van der Waals surface area contributed by atoms with Crippen LogP contribution in [0.25, 0.3) is 0 Å². The number of hydrogen-bond acceptors (Lipinski definition) is 3. The van der Waals surface area contributed by atoms with Crippen LogP contribution < -0.4 is 4.72 Å². The molecule has 0 bridgehead atoms. The average Bonchev–Trinajstić information content (AvgIpc) is 2.52. The molecule has 0 heterocycles. The summed E-state index contributed by atoms with van der Waals surface area (Å²) in [6.45, 7) is 8.73. The summed E-state index contributed by atoms with van der Waals surface area (Å²) >= 11 is 1.77. The number of sulfonamides is 1. The Kier molecular flexibility index (Phi) is 6.12. The fourth-order valence-electron chi connectivity index (χ4n) is 2.31. The molecule has 0 spiro atoms. The summed E-state index contributed by atoms with van der Waals surface area (Å²) in [4.78, 5) is 0.306. The molecule has 2 aromatic carbocycles. The number of hydrogen-bond donors (Lipinski definition) is 1. The predicted molar refractivity (Wildman–Crippen MR) is 103 cm³/mol. The lowest BCUT2D eigenvalue weighted by Crippen LogP contribution is -2.29. The number of rotatable bonds is 6. The Morgan fingerprint density at radius 3 is 2.12 bits per heavy atom. The zero-order valence-corrected chi connectivity index (χ0v) is 16.2. The van der Waals surface area contributed by atoms with Crippen molar-refractivity contribution in [2.75, 3.05) is 6.54 Å². The van der Waals surface area contributed by atoms with E-state index in [0.717, 1.165) is 11.1 Å². The highest BCUT2D eigenvalue weighted by Crippen LogP contribution is 2.38. The van der Waals surface area contributed by atoms with E-state index in [4.69, 9.17) is 0 Å². The molecule has 1 unspecified atom stereocenters. The van der Waals surface area contributed by atoms with Crippen LogP contribution in [0.2, 0.25) is 0 Å². The van der Waals surface area contributed by atoms with Crippen molar-refractivity contribution < 1.29 is 8.42 Å². The van der Waals surface area contributed by atoms with Gasteiger partial charge in [-0.05, 0) is 24.6 Å². The maximum atomic E-state index is 12.5. The Morgan fingerprint density at radius 1 is 1.00 bits per heavy atom. The first kappa shape index (κ1) is 19.0. The number of benzene rings is 2. The molecule has 5 heteroatoms. The van der Waals surface area contributed by atoms with Crippen molar-refractivity contribution in [2.24, 2.45) is 0 Å². The second-order valence-corrected chi connectivity index (χ2v) is 10.6. The van der Waals surface area contributed by atoms with E-state index < -0.39 is 10.0 Å². The minimum Gasteiger partial charge on any atom is -0.210 e. The van der Waals surface area contributed by atoms with Crippen molar-refractivity contribution in [2.45, 2.75) is 42.6 Å². The number of aryl methyl sites for hydroxylation is 1. The van der Waals surface area contributed by atoms with Gasteiger partial charge in [-0.25, -0.2) is 13.1 Å². The number of nitrogens with one attached hydrogen (secondary N) is 1. The van der Waals surface area contributed by atoms with Crippen molar-refractivity contribution in [3.05, 3.63) is 65.7 Å². The molecule has 0 fully saturated rings. The first-order valence-electron chi connectivity index (χ1n) is 7.96. The predicted octanol–water partition coefficient (Wildman–Crippen LogP) is 4.55. The van der Waals surface area contributed by atoms with Gasteiger partial charge in [-0.2, -0.15) is 0 Å². The summed E-state index contributed by atoms with van der Waals surface area (Å²) in [5.41, 5.74) is 2.17. The summed E-state index contributed by atoms with van der Waals surface area (Å²) < 4.78 is 27.9. The second kappa shape index (κ2) is 7.72. The monoisotopic (exact) mass is 363 g/mol. The molecule has 0 saturated carbocycles. The molecule has 3 nitrogen and oxygen atoms in total. The molecule has 0 aliphatic carbocycles. The van der Waals surface area contributed by atoms with Crippen molar-refractivity contribution in [1.29, 1.82) is 0 Å². The van der Waals surface area contributed by atoms with Gasteiger partial charge in [0.25, 0.3) is 0 Å². The molecular formula is C19H25NO2S2. The topological polar surface area (TPSA) is 46.2 Å². The van der Waals surface area contributed by atoms with Crippen LogP contribution in [0.3, 0.4) is 0 Å². The van der Waals surface area contributed by atoms with E-state index in [1.807, 2.05) is 49.4 Å². The Hall–Kier alpha value is -1.30. The molecular weight excluding hydrogens is 338 g/mol. The van der Waals surface area contributed by atoms with Crippen molar-refractivity contribution >= 4 is 21.8 Å². The zero-order chi connectivity index (χ0) is 17.8.